The lowest BCUT2D eigenvalue weighted by Crippen LogP contribution is -2.39. The summed E-state index contributed by atoms with van der Waals surface area (Å²) in [6.45, 7) is 2.05. The average Bonchev–Trinajstić information content (AvgIpc) is 3.06. The molecule has 8 heteroatoms. The summed E-state index contributed by atoms with van der Waals surface area (Å²) in [5, 5.41) is 4.69. The Morgan fingerprint density at radius 2 is 2.00 bits per heavy atom. The SMILES string of the molecule is CCOC(=O)Cn1c2c(c3cc(F)cc(Cl)c31)CC(NC(=O)CCc1ccccc1Cl)CC2. The molecule has 0 radical (unpaired) electrons. The second-order valence-electron chi connectivity index (χ2n) is 8.20. The van der Waals surface area contributed by atoms with Crippen molar-refractivity contribution in [3.05, 3.63) is 69.1 Å². The van der Waals surface area contributed by atoms with E-state index >= 15 is 0 Å². The molecule has 1 heterocycles. The quantitative estimate of drug-likeness (QED) is 0.459. The van der Waals surface area contributed by atoms with E-state index in [9.17, 15) is 14.0 Å². The molecule has 0 saturated heterocycles. The molecule has 1 unspecified atom stereocenters. The van der Waals surface area contributed by atoms with Crippen molar-refractivity contribution in [2.75, 3.05) is 6.61 Å². The van der Waals surface area contributed by atoms with Crippen LogP contribution < -0.4 is 5.32 Å². The molecule has 1 aliphatic rings. The third-order valence-corrected chi connectivity index (χ3v) is 6.67. The number of rotatable bonds is 7. The number of nitrogens with one attached hydrogen (secondary N) is 1. The molecule has 0 bridgehead atoms. The van der Waals surface area contributed by atoms with Crippen molar-refractivity contribution in [1.29, 1.82) is 0 Å². The minimum absolute atomic E-state index is 0.0138. The van der Waals surface area contributed by atoms with Gasteiger partial charge in [-0.25, -0.2) is 4.39 Å². The van der Waals surface area contributed by atoms with Gasteiger partial charge in [-0.05, 0) is 61.9 Å². The Kier molecular flexibility index (Phi) is 7.25. The van der Waals surface area contributed by atoms with Crippen molar-refractivity contribution < 1.29 is 18.7 Å². The first-order valence-corrected chi connectivity index (χ1v) is 11.8. The third-order valence-electron chi connectivity index (χ3n) is 6.01. The highest BCUT2D eigenvalue weighted by Crippen LogP contribution is 2.36. The Morgan fingerprint density at radius 3 is 2.76 bits per heavy atom. The highest BCUT2D eigenvalue weighted by atomic mass is 35.5. The number of aromatic nitrogens is 1. The van der Waals surface area contributed by atoms with Crippen LogP contribution in [0, 0.1) is 5.82 Å². The Morgan fingerprint density at radius 1 is 1.21 bits per heavy atom. The number of carbonyl (C=O) groups is 2. The van der Waals surface area contributed by atoms with Crippen molar-refractivity contribution in [1.82, 2.24) is 9.88 Å². The van der Waals surface area contributed by atoms with Crippen LogP contribution in [0.4, 0.5) is 4.39 Å². The number of halogens is 3. The fourth-order valence-corrected chi connectivity index (χ4v) is 5.12. The molecule has 0 spiro atoms. The second kappa shape index (κ2) is 10.1. The summed E-state index contributed by atoms with van der Waals surface area (Å²) in [7, 11) is 0. The molecule has 0 fully saturated rings. The molecule has 0 aliphatic heterocycles. The lowest BCUT2D eigenvalue weighted by atomic mass is 9.91. The Hall–Kier alpha value is -2.57. The highest BCUT2D eigenvalue weighted by molar-refractivity contribution is 6.35. The lowest BCUT2D eigenvalue weighted by molar-refractivity contribution is -0.143. The van der Waals surface area contributed by atoms with Crippen LogP contribution in [0.5, 0.6) is 0 Å². The minimum atomic E-state index is -0.436. The predicted octanol–water partition coefficient (Wildman–Crippen LogP) is 5.26. The number of ether oxygens (including phenoxy) is 1. The normalized spacial score (nSPS) is 15.3. The van der Waals surface area contributed by atoms with E-state index in [4.69, 9.17) is 27.9 Å². The van der Waals surface area contributed by atoms with Gasteiger partial charge in [0, 0.05) is 28.6 Å². The van der Waals surface area contributed by atoms with Crippen LogP contribution >= 0.6 is 23.2 Å². The molecule has 5 nitrogen and oxygen atoms in total. The molecule has 174 valence electrons. The number of nitrogens with zero attached hydrogens (tertiary/aromatic N) is 1. The van der Waals surface area contributed by atoms with E-state index in [1.54, 1.807) is 6.92 Å². The summed E-state index contributed by atoms with van der Waals surface area (Å²) in [5.74, 6) is -0.857. The first kappa shape index (κ1) is 23.6. The van der Waals surface area contributed by atoms with Crippen LogP contribution in [0.2, 0.25) is 10.0 Å². The van der Waals surface area contributed by atoms with Crippen molar-refractivity contribution in [3.63, 3.8) is 0 Å². The van der Waals surface area contributed by atoms with Crippen molar-refractivity contribution in [2.24, 2.45) is 0 Å². The fourth-order valence-electron chi connectivity index (χ4n) is 4.58. The zero-order chi connectivity index (χ0) is 23.5. The Balaban J connectivity index is 1.53. The molecule has 1 amide bonds. The van der Waals surface area contributed by atoms with Gasteiger partial charge in [0.1, 0.15) is 12.4 Å². The molecule has 33 heavy (non-hydrogen) atoms. The smallest absolute Gasteiger partial charge is 0.325 e. The van der Waals surface area contributed by atoms with E-state index in [0.29, 0.717) is 48.0 Å². The molecule has 1 N–H and O–H groups in total. The first-order valence-electron chi connectivity index (χ1n) is 11.0. The number of hydrogen-bond donors (Lipinski definition) is 1. The largest absolute Gasteiger partial charge is 0.465 e. The monoisotopic (exact) mass is 490 g/mol. The standard InChI is InChI=1S/C25H25Cl2FN2O3/c1-2-33-24(32)14-30-22-9-8-17(13-18(22)19-11-16(28)12-21(27)25(19)30)29-23(31)10-7-15-5-3-4-6-20(15)26/h3-6,11-12,17H,2,7-10,13-14H2,1H3,(H,29,31). The maximum absolute atomic E-state index is 14.2. The molecule has 1 aliphatic carbocycles. The van der Waals surface area contributed by atoms with E-state index in [-0.39, 0.29) is 36.1 Å². The molecule has 2 aromatic carbocycles. The summed E-state index contributed by atoms with van der Waals surface area (Å²) < 4.78 is 21.1. The molecule has 3 aromatic rings. The highest BCUT2D eigenvalue weighted by Gasteiger charge is 2.28. The van der Waals surface area contributed by atoms with E-state index in [2.05, 4.69) is 5.32 Å². The number of amides is 1. The molecule has 1 atom stereocenters. The van der Waals surface area contributed by atoms with Crippen molar-refractivity contribution >= 4 is 46.0 Å². The van der Waals surface area contributed by atoms with Crippen molar-refractivity contribution in [3.8, 4) is 0 Å². The van der Waals surface area contributed by atoms with Gasteiger partial charge >= 0.3 is 5.97 Å². The van der Waals surface area contributed by atoms with Gasteiger partial charge in [0.05, 0.1) is 17.1 Å². The predicted molar refractivity (Wildman–Crippen MR) is 127 cm³/mol. The number of aryl methyl sites for hydroxylation is 1. The number of carbonyl (C=O) groups excluding carboxylic acids is 2. The average molecular weight is 491 g/mol. The van der Waals surface area contributed by atoms with Crippen molar-refractivity contribution in [2.45, 2.75) is 51.6 Å². The van der Waals surface area contributed by atoms with Gasteiger partial charge in [0.25, 0.3) is 0 Å². The van der Waals surface area contributed by atoms with Crippen LogP contribution in [0.3, 0.4) is 0 Å². The molecular formula is C25H25Cl2FN2O3. The molecule has 1 aromatic heterocycles. The minimum Gasteiger partial charge on any atom is -0.465 e. The fraction of sp³-hybridized carbons (Fsp3) is 0.360. The van der Waals surface area contributed by atoms with Crippen LogP contribution in [0.1, 0.15) is 36.6 Å². The number of fused-ring (bicyclic) bond motifs is 3. The second-order valence-corrected chi connectivity index (χ2v) is 9.01. The third kappa shape index (κ3) is 5.17. The summed E-state index contributed by atoms with van der Waals surface area (Å²) in [6.07, 6.45) is 2.78. The summed E-state index contributed by atoms with van der Waals surface area (Å²) in [6, 6.07) is 10.1. The Bertz CT molecular complexity index is 1210. The van der Waals surface area contributed by atoms with Crippen LogP contribution in [-0.2, 0) is 40.1 Å². The van der Waals surface area contributed by atoms with E-state index < -0.39 is 5.82 Å². The van der Waals surface area contributed by atoms with Gasteiger partial charge in [0.2, 0.25) is 5.91 Å². The lowest BCUT2D eigenvalue weighted by Gasteiger charge is -2.25. The van der Waals surface area contributed by atoms with Gasteiger partial charge < -0.3 is 14.6 Å². The van der Waals surface area contributed by atoms with E-state index in [1.165, 1.54) is 12.1 Å². The summed E-state index contributed by atoms with van der Waals surface area (Å²) in [5.41, 5.74) is 3.42. The van der Waals surface area contributed by atoms with Gasteiger partial charge in [-0.2, -0.15) is 0 Å². The van der Waals surface area contributed by atoms with E-state index in [0.717, 1.165) is 16.8 Å². The van der Waals surface area contributed by atoms with Crippen LogP contribution in [0.25, 0.3) is 10.9 Å². The Labute approximate surface area is 201 Å². The summed E-state index contributed by atoms with van der Waals surface area (Å²) in [4.78, 5) is 24.8. The van der Waals surface area contributed by atoms with Gasteiger partial charge in [-0.3, -0.25) is 9.59 Å². The number of esters is 1. The van der Waals surface area contributed by atoms with Gasteiger partial charge in [-0.15, -0.1) is 0 Å². The first-order chi connectivity index (χ1) is 15.9. The van der Waals surface area contributed by atoms with Crippen LogP contribution in [0.15, 0.2) is 36.4 Å². The molecular weight excluding hydrogens is 466 g/mol. The van der Waals surface area contributed by atoms with E-state index in [1.807, 2.05) is 28.8 Å². The molecule has 4 rings (SSSR count). The maximum atomic E-state index is 14.2. The molecule has 0 saturated carbocycles. The topological polar surface area (TPSA) is 60.3 Å². The number of hydrogen-bond acceptors (Lipinski definition) is 3. The summed E-state index contributed by atoms with van der Waals surface area (Å²) >= 11 is 12.6. The maximum Gasteiger partial charge on any atom is 0.325 e. The van der Waals surface area contributed by atoms with Gasteiger partial charge in [-0.1, -0.05) is 41.4 Å². The zero-order valence-corrected chi connectivity index (χ0v) is 19.8. The van der Waals surface area contributed by atoms with Crippen LogP contribution in [-0.4, -0.2) is 29.1 Å². The number of benzene rings is 2. The van der Waals surface area contributed by atoms with Gasteiger partial charge in [0.15, 0.2) is 0 Å². The zero-order valence-electron chi connectivity index (χ0n) is 18.3.